The van der Waals surface area contributed by atoms with Gasteiger partial charge in [0.15, 0.2) is 11.7 Å². The number of halogens is 1. The molecule has 1 aromatic carbocycles. The molecular formula is C16H19ClN3O2+. The number of carbonyl (C=O) groups excluding carboxylic acids is 1. The van der Waals surface area contributed by atoms with Gasteiger partial charge in [-0.25, -0.2) is 4.98 Å². The number of carbonyl (C=O) groups is 1. The Labute approximate surface area is 134 Å². The number of aromatic nitrogens is 1. The van der Waals surface area contributed by atoms with E-state index in [1.807, 2.05) is 37.4 Å². The summed E-state index contributed by atoms with van der Waals surface area (Å²) in [7, 11) is 1.94. The van der Waals surface area contributed by atoms with Gasteiger partial charge in [-0.3, -0.25) is 4.79 Å². The molecule has 1 aromatic heterocycles. The Morgan fingerprint density at radius 1 is 1.27 bits per heavy atom. The van der Waals surface area contributed by atoms with Gasteiger partial charge in [0.2, 0.25) is 0 Å². The van der Waals surface area contributed by atoms with Gasteiger partial charge in [0.05, 0.1) is 12.7 Å². The van der Waals surface area contributed by atoms with Gasteiger partial charge < -0.3 is 15.0 Å². The number of amides is 1. The second-order valence-electron chi connectivity index (χ2n) is 4.94. The standard InChI is InChI=1S/C16H18ClN3O2/c1-20(10-11-22-13-6-3-2-4-7-13)12-15(21)19-14-8-5-9-18-16(14)17/h2-9H,10-12H2,1H3,(H,19,21)/p+1. The molecular weight excluding hydrogens is 302 g/mol. The summed E-state index contributed by atoms with van der Waals surface area (Å²) in [6, 6.07) is 13.1. The predicted molar refractivity (Wildman–Crippen MR) is 86.4 cm³/mol. The summed E-state index contributed by atoms with van der Waals surface area (Å²) in [5, 5.41) is 3.05. The first-order valence-electron chi connectivity index (χ1n) is 7.04. The van der Waals surface area contributed by atoms with E-state index in [0.29, 0.717) is 24.0 Å². The first-order chi connectivity index (χ1) is 10.6. The number of hydrogen-bond acceptors (Lipinski definition) is 3. The highest BCUT2D eigenvalue weighted by Crippen LogP contribution is 2.16. The van der Waals surface area contributed by atoms with Crippen LogP contribution in [0.5, 0.6) is 5.75 Å². The lowest BCUT2D eigenvalue weighted by Crippen LogP contribution is -3.10. The van der Waals surface area contributed by atoms with E-state index in [1.165, 1.54) is 0 Å². The average molecular weight is 321 g/mol. The Morgan fingerprint density at radius 3 is 2.77 bits per heavy atom. The van der Waals surface area contributed by atoms with E-state index in [-0.39, 0.29) is 5.91 Å². The highest BCUT2D eigenvalue weighted by molar-refractivity contribution is 6.32. The molecule has 5 nitrogen and oxygen atoms in total. The van der Waals surface area contributed by atoms with Gasteiger partial charge in [0, 0.05) is 6.20 Å². The largest absolute Gasteiger partial charge is 0.488 e. The Hall–Kier alpha value is -2.11. The molecule has 6 heteroatoms. The maximum absolute atomic E-state index is 11.9. The first kappa shape index (κ1) is 16.3. The molecule has 0 bridgehead atoms. The lowest BCUT2D eigenvalue weighted by molar-refractivity contribution is -0.871. The average Bonchev–Trinajstić information content (AvgIpc) is 2.50. The van der Waals surface area contributed by atoms with Crippen molar-refractivity contribution in [2.24, 2.45) is 0 Å². The monoisotopic (exact) mass is 320 g/mol. The Bertz CT molecular complexity index is 607. The van der Waals surface area contributed by atoms with Crippen molar-refractivity contribution in [3.8, 4) is 5.75 Å². The second kappa shape index (κ2) is 8.36. The van der Waals surface area contributed by atoms with Crippen molar-refractivity contribution in [2.75, 3.05) is 32.1 Å². The summed E-state index contributed by atoms with van der Waals surface area (Å²) < 4.78 is 5.61. The highest BCUT2D eigenvalue weighted by Gasteiger charge is 2.12. The quantitative estimate of drug-likeness (QED) is 0.755. The summed E-state index contributed by atoms with van der Waals surface area (Å²) in [5.74, 6) is 0.731. The first-order valence-corrected chi connectivity index (χ1v) is 7.42. The van der Waals surface area contributed by atoms with Gasteiger partial charge in [0.25, 0.3) is 5.91 Å². The fourth-order valence-corrected chi connectivity index (χ4v) is 2.06. The van der Waals surface area contributed by atoms with Gasteiger partial charge in [-0.2, -0.15) is 0 Å². The van der Waals surface area contributed by atoms with Crippen molar-refractivity contribution < 1.29 is 14.4 Å². The van der Waals surface area contributed by atoms with Crippen molar-refractivity contribution in [1.82, 2.24) is 4.98 Å². The number of anilines is 1. The molecule has 0 aliphatic heterocycles. The van der Waals surface area contributed by atoms with Crippen LogP contribution in [0, 0.1) is 0 Å². The molecule has 0 fully saturated rings. The van der Waals surface area contributed by atoms with Crippen molar-refractivity contribution >= 4 is 23.2 Å². The van der Waals surface area contributed by atoms with E-state index in [9.17, 15) is 4.79 Å². The minimum Gasteiger partial charge on any atom is -0.488 e. The summed E-state index contributed by atoms with van der Waals surface area (Å²) in [4.78, 5) is 16.9. The van der Waals surface area contributed by atoms with Crippen molar-refractivity contribution in [1.29, 1.82) is 0 Å². The van der Waals surface area contributed by atoms with Crippen LogP contribution in [-0.4, -0.2) is 37.6 Å². The van der Waals surface area contributed by atoms with Gasteiger partial charge in [-0.1, -0.05) is 29.8 Å². The zero-order valence-electron chi connectivity index (χ0n) is 12.4. The van der Waals surface area contributed by atoms with Crippen LogP contribution in [0.2, 0.25) is 5.15 Å². The van der Waals surface area contributed by atoms with Gasteiger partial charge >= 0.3 is 0 Å². The molecule has 1 heterocycles. The molecule has 0 spiro atoms. The molecule has 0 radical (unpaired) electrons. The molecule has 0 saturated carbocycles. The fourth-order valence-electron chi connectivity index (χ4n) is 1.90. The van der Waals surface area contributed by atoms with E-state index >= 15 is 0 Å². The zero-order valence-corrected chi connectivity index (χ0v) is 13.1. The number of quaternary nitrogens is 1. The molecule has 1 amide bonds. The summed E-state index contributed by atoms with van der Waals surface area (Å²) >= 11 is 5.90. The highest BCUT2D eigenvalue weighted by atomic mass is 35.5. The normalized spacial score (nSPS) is 11.7. The molecule has 2 aromatic rings. The molecule has 0 saturated heterocycles. The molecule has 2 rings (SSSR count). The zero-order chi connectivity index (χ0) is 15.8. The number of para-hydroxylation sites is 1. The lowest BCUT2D eigenvalue weighted by Gasteiger charge is -2.14. The van der Waals surface area contributed by atoms with Crippen LogP contribution in [-0.2, 0) is 4.79 Å². The Morgan fingerprint density at radius 2 is 2.05 bits per heavy atom. The van der Waals surface area contributed by atoms with Crippen LogP contribution in [0.4, 0.5) is 5.69 Å². The molecule has 0 aliphatic rings. The predicted octanol–water partition coefficient (Wildman–Crippen LogP) is 1.27. The number of ether oxygens (including phenoxy) is 1. The van der Waals surface area contributed by atoms with Crippen LogP contribution in [0.15, 0.2) is 48.7 Å². The number of nitrogens with one attached hydrogen (secondary N) is 2. The molecule has 116 valence electrons. The number of benzene rings is 1. The molecule has 1 unspecified atom stereocenters. The van der Waals surface area contributed by atoms with Crippen LogP contribution < -0.4 is 15.0 Å². The summed E-state index contributed by atoms with van der Waals surface area (Å²) in [5.41, 5.74) is 0.530. The summed E-state index contributed by atoms with van der Waals surface area (Å²) in [6.45, 7) is 1.61. The second-order valence-corrected chi connectivity index (χ2v) is 5.29. The topological polar surface area (TPSA) is 55.7 Å². The van der Waals surface area contributed by atoms with Crippen LogP contribution in [0.1, 0.15) is 0 Å². The van der Waals surface area contributed by atoms with Crippen molar-refractivity contribution in [3.05, 3.63) is 53.8 Å². The van der Waals surface area contributed by atoms with E-state index in [2.05, 4.69) is 10.3 Å². The van der Waals surface area contributed by atoms with Gasteiger partial charge in [-0.05, 0) is 24.3 Å². The van der Waals surface area contributed by atoms with E-state index in [4.69, 9.17) is 16.3 Å². The number of rotatable bonds is 7. The van der Waals surface area contributed by atoms with E-state index in [1.54, 1.807) is 18.3 Å². The van der Waals surface area contributed by atoms with Crippen molar-refractivity contribution in [3.63, 3.8) is 0 Å². The minimum absolute atomic E-state index is 0.105. The SMILES string of the molecule is C[NH+](CCOc1ccccc1)CC(=O)Nc1cccnc1Cl. The van der Waals surface area contributed by atoms with E-state index in [0.717, 1.165) is 17.2 Å². The van der Waals surface area contributed by atoms with Gasteiger partial charge in [0.1, 0.15) is 18.9 Å². The molecule has 2 N–H and O–H groups in total. The Kier molecular flexibility index (Phi) is 6.18. The van der Waals surface area contributed by atoms with Crippen molar-refractivity contribution in [2.45, 2.75) is 0 Å². The van der Waals surface area contributed by atoms with Crippen LogP contribution in [0.3, 0.4) is 0 Å². The third-order valence-corrected chi connectivity index (χ3v) is 3.34. The Balaban J connectivity index is 1.71. The summed E-state index contributed by atoms with van der Waals surface area (Å²) in [6.07, 6.45) is 1.58. The smallest absolute Gasteiger partial charge is 0.279 e. The number of pyridine rings is 1. The fraction of sp³-hybridized carbons (Fsp3) is 0.250. The third kappa shape index (κ3) is 5.35. The molecule has 1 atom stereocenters. The lowest BCUT2D eigenvalue weighted by atomic mass is 10.3. The molecule has 0 aliphatic carbocycles. The number of hydrogen-bond donors (Lipinski definition) is 2. The number of nitrogens with zero attached hydrogens (tertiary/aromatic N) is 1. The van der Waals surface area contributed by atoms with E-state index < -0.39 is 0 Å². The number of likely N-dealkylation sites (N-methyl/N-ethyl adjacent to an activating group) is 1. The maximum Gasteiger partial charge on any atom is 0.279 e. The van der Waals surface area contributed by atoms with Gasteiger partial charge in [-0.15, -0.1) is 0 Å². The molecule has 22 heavy (non-hydrogen) atoms. The van der Waals surface area contributed by atoms with Crippen LogP contribution in [0.25, 0.3) is 0 Å². The van der Waals surface area contributed by atoms with Crippen LogP contribution >= 0.6 is 11.6 Å². The maximum atomic E-state index is 11.9. The third-order valence-electron chi connectivity index (χ3n) is 3.04. The minimum atomic E-state index is -0.105.